The second-order valence-corrected chi connectivity index (χ2v) is 5.26. The average molecular weight is 325 g/mol. The lowest BCUT2D eigenvalue weighted by molar-refractivity contribution is 0.0976. The minimum atomic E-state index is -0.229. The van der Waals surface area contributed by atoms with Gasteiger partial charge in [-0.15, -0.1) is 0 Å². The Labute approximate surface area is 142 Å². The smallest absolute Gasteiger partial charge is 0.258 e. The molecule has 5 heteroatoms. The molecule has 0 spiro atoms. The van der Waals surface area contributed by atoms with E-state index in [4.69, 9.17) is 4.74 Å². The van der Waals surface area contributed by atoms with E-state index >= 15 is 0 Å². The number of nitrogens with one attached hydrogen (secondary N) is 2. The molecule has 0 bridgehead atoms. The SMILES string of the molecule is CCCCN=C(NC(=O)c1cccc(OC)c1)Nc1ccccc1. The van der Waals surface area contributed by atoms with E-state index in [-0.39, 0.29) is 5.91 Å². The fraction of sp³-hybridized carbons (Fsp3) is 0.263. The van der Waals surface area contributed by atoms with E-state index in [1.54, 1.807) is 31.4 Å². The molecule has 0 unspecified atom stereocenters. The van der Waals surface area contributed by atoms with Crippen molar-refractivity contribution in [3.8, 4) is 5.75 Å². The van der Waals surface area contributed by atoms with Gasteiger partial charge in [-0.25, -0.2) is 0 Å². The van der Waals surface area contributed by atoms with Crippen LogP contribution < -0.4 is 15.4 Å². The first kappa shape index (κ1) is 17.5. The zero-order valence-electron chi connectivity index (χ0n) is 14.1. The third-order valence-electron chi connectivity index (χ3n) is 3.38. The number of amides is 1. The van der Waals surface area contributed by atoms with Crippen LogP contribution in [0.3, 0.4) is 0 Å². The van der Waals surface area contributed by atoms with Crippen LogP contribution in [0.4, 0.5) is 5.69 Å². The number of nitrogens with zero attached hydrogens (tertiary/aromatic N) is 1. The van der Waals surface area contributed by atoms with Crippen molar-refractivity contribution in [1.82, 2.24) is 5.32 Å². The lowest BCUT2D eigenvalue weighted by Gasteiger charge is -2.12. The maximum Gasteiger partial charge on any atom is 0.258 e. The molecule has 0 aliphatic heterocycles. The summed E-state index contributed by atoms with van der Waals surface area (Å²) in [6, 6.07) is 16.7. The molecule has 0 saturated heterocycles. The summed E-state index contributed by atoms with van der Waals surface area (Å²) in [6.07, 6.45) is 2.01. The third kappa shape index (κ3) is 5.43. The normalized spacial score (nSPS) is 11.0. The number of hydrogen-bond acceptors (Lipinski definition) is 3. The molecule has 5 nitrogen and oxygen atoms in total. The first-order valence-electron chi connectivity index (χ1n) is 8.05. The van der Waals surface area contributed by atoms with Gasteiger partial charge in [0.15, 0.2) is 0 Å². The molecule has 0 saturated carbocycles. The summed E-state index contributed by atoms with van der Waals surface area (Å²) >= 11 is 0. The van der Waals surface area contributed by atoms with E-state index < -0.39 is 0 Å². The molecule has 0 atom stereocenters. The van der Waals surface area contributed by atoms with Gasteiger partial charge in [0.25, 0.3) is 5.91 Å². The summed E-state index contributed by atoms with van der Waals surface area (Å²) in [5, 5.41) is 5.99. The number of guanidine groups is 1. The summed E-state index contributed by atoms with van der Waals surface area (Å²) < 4.78 is 5.16. The largest absolute Gasteiger partial charge is 0.497 e. The van der Waals surface area contributed by atoms with Gasteiger partial charge in [0.1, 0.15) is 5.75 Å². The van der Waals surface area contributed by atoms with E-state index in [0.717, 1.165) is 18.5 Å². The Balaban J connectivity index is 2.11. The first-order valence-corrected chi connectivity index (χ1v) is 8.05. The summed E-state index contributed by atoms with van der Waals surface area (Å²) in [6.45, 7) is 2.76. The molecule has 0 heterocycles. The quantitative estimate of drug-likeness (QED) is 0.484. The zero-order chi connectivity index (χ0) is 17.2. The summed E-state index contributed by atoms with van der Waals surface area (Å²) in [4.78, 5) is 16.9. The lowest BCUT2D eigenvalue weighted by Crippen LogP contribution is -2.36. The van der Waals surface area contributed by atoms with E-state index in [1.807, 2.05) is 30.3 Å². The number of aliphatic imine (C=N–C) groups is 1. The number of anilines is 1. The maximum absolute atomic E-state index is 12.5. The zero-order valence-corrected chi connectivity index (χ0v) is 14.1. The number of para-hydroxylation sites is 1. The van der Waals surface area contributed by atoms with Crippen LogP contribution in [0.15, 0.2) is 59.6 Å². The third-order valence-corrected chi connectivity index (χ3v) is 3.38. The molecule has 0 aliphatic rings. The topological polar surface area (TPSA) is 62.7 Å². The molecule has 2 aromatic carbocycles. The van der Waals surface area contributed by atoms with Crippen molar-refractivity contribution in [1.29, 1.82) is 0 Å². The molecule has 2 aromatic rings. The standard InChI is InChI=1S/C19H23N3O2/c1-3-4-13-20-19(21-16-10-6-5-7-11-16)22-18(23)15-9-8-12-17(14-15)24-2/h5-12,14H,3-4,13H2,1-2H3,(H2,20,21,22,23). The molecule has 2 N–H and O–H groups in total. The van der Waals surface area contributed by atoms with Crippen LogP contribution in [0.25, 0.3) is 0 Å². The fourth-order valence-corrected chi connectivity index (χ4v) is 2.06. The highest BCUT2D eigenvalue weighted by molar-refractivity contribution is 6.10. The lowest BCUT2D eigenvalue weighted by atomic mass is 10.2. The molecule has 2 rings (SSSR count). The minimum Gasteiger partial charge on any atom is -0.497 e. The van der Waals surface area contributed by atoms with Crippen molar-refractivity contribution in [3.63, 3.8) is 0 Å². The maximum atomic E-state index is 12.5. The Morgan fingerprint density at radius 2 is 1.92 bits per heavy atom. The number of methoxy groups -OCH3 is 1. The van der Waals surface area contributed by atoms with Gasteiger partial charge >= 0.3 is 0 Å². The number of carbonyl (C=O) groups excluding carboxylic acids is 1. The van der Waals surface area contributed by atoms with Gasteiger partial charge in [0, 0.05) is 17.8 Å². The number of ether oxygens (including phenoxy) is 1. The molecular weight excluding hydrogens is 302 g/mol. The van der Waals surface area contributed by atoms with Crippen LogP contribution in [0.1, 0.15) is 30.1 Å². The number of carbonyl (C=O) groups is 1. The highest BCUT2D eigenvalue weighted by Crippen LogP contribution is 2.12. The molecule has 1 amide bonds. The van der Waals surface area contributed by atoms with Crippen molar-refractivity contribution in [2.45, 2.75) is 19.8 Å². The Bertz CT molecular complexity index is 684. The van der Waals surface area contributed by atoms with E-state index in [2.05, 4.69) is 22.5 Å². The van der Waals surface area contributed by atoms with Crippen molar-refractivity contribution in [3.05, 3.63) is 60.2 Å². The van der Waals surface area contributed by atoms with E-state index in [9.17, 15) is 4.79 Å². The molecule has 0 aliphatic carbocycles. The second kappa shape index (κ2) is 9.35. The van der Waals surface area contributed by atoms with Crippen LogP contribution in [0, 0.1) is 0 Å². The monoisotopic (exact) mass is 325 g/mol. The Morgan fingerprint density at radius 3 is 2.62 bits per heavy atom. The van der Waals surface area contributed by atoms with Gasteiger partial charge < -0.3 is 10.1 Å². The molecular formula is C19H23N3O2. The first-order chi connectivity index (χ1) is 11.7. The summed E-state index contributed by atoms with van der Waals surface area (Å²) in [7, 11) is 1.58. The predicted molar refractivity (Wildman–Crippen MR) is 97.7 cm³/mol. The number of rotatable bonds is 6. The van der Waals surface area contributed by atoms with Crippen LogP contribution in [-0.4, -0.2) is 25.5 Å². The second-order valence-electron chi connectivity index (χ2n) is 5.26. The van der Waals surface area contributed by atoms with Crippen LogP contribution in [-0.2, 0) is 0 Å². The molecule has 126 valence electrons. The molecule has 0 fully saturated rings. The van der Waals surface area contributed by atoms with Crippen molar-refractivity contribution >= 4 is 17.6 Å². The van der Waals surface area contributed by atoms with E-state index in [0.29, 0.717) is 23.8 Å². The van der Waals surface area contributed by atoms with Gasteiger partial charge in [-0.3, -0.25) is 15.1 Å². The van der Waals surface area contributed by atoms with Gasteiger partial charge in [0.05, 0.1) is 7.11 Å². The van der Waals surface area contributed by atoms with Gasteiger partial charge in [-0.1, -0.05) is 37.6 Å². The Morgan fingerprint density at radius 1 is 1.12 bits per heavy atom. The molecule has 0 aromatic heterocycles. The van der Waals surface area contributed by atoms with E-state index in [1.165, 1.54) is 0 Å². The highest BCUT2D eigenvalue weighted by atomic mass is 16.5. The van der Waals surface area contributed by atoms with Gasteiger partial charge in [-0.2, -0.15) is 0 Å². The number of benzene rings is 2. The Hall–Kier alpha value is -2.82. The number of unbranched alkanes of at least 4 members (excludes halogenated alkanes) is 1. The van der Waals surface area contributed by atoms with Crippen LogP contribution >= 0.6 is 0 Å². The van der Waals surface area contributed by atoms with Crippen molar-refractivity contribution < 1.29 is 9.53 Å². The fourth-order valence-electron chi connectivity index (χ4n) is 2.06. The van der Waals surface area contributed by atoms with Gasteiger partial charge in [-0.05, 0) is 36.8 Å². The molecule has 0 radical (unpaired) electrons. The summed E-state index contributed by atoms with van der Waals surface area (Å²) in [5.74, 6) is 0.859. The molecule has 24 heavy (non-hydrogen) atoms. The highest BCUT2D eigenvalue weighted by Gasteiger charge is 2.10. The van der Waals surface area contributed by atoms with Crippen molar-refractivity contribution in [2.24, 2.45) is 4.99 Å². The van der Waals surface area contributed by atoms with Crippen molar-refractivity contribution in [2.75, 3.05) is 19.0 Å². The summed E-state index contributed by atoms with van der Waals surface area (Å²) in [5.41, 5.74) is 1.39. The minimum absolute atomic E-state index is 0.229. The average Bonchev–Trinajstić information content (AvgIpc) is 2.62. The van der Waals surface area contributed by atoms with Crippen LogP contribution in [0.2, 0.25) is 0 Å². The van der Waals surface area contributed by atoms with Crippen LogP contribution in [0.5, 0.6) is 5.75 Å². The number of hydrogen-bond donors (Lipinski definition) is 2. The van der Waals surface area contributed by atoms with Gasteiger partial charge in [0.2, 0.25) is 5.96 Å². The predicted octanol–water partition coefficient (Wildman–Crippen LogP) is 3.69. The Kier molecular flexibility index (Phi) is 6.83.